The first kappa shape index (κ1) is 15.9. The molecular formula is C19H26N2O2. The second-order valence-corrected chi connectivity index (χ2v) is 6.56. The van der Waals surface area contributed by atoms with Crippen LogP contribution < -0.4 is 0 Å². The van der Waals surface area contributed by atoms with Crippen molar-refractivity contribution < 1.29 is 9.90 Å². The highest BCUT2D eigenvalue weighted by Crippen LogP contribution is 2.30. The molecule has 0 saturated heterocycles. The molecule has 1 N–H and O–H groups in total. The van der Waals surface area contributed by atoms with E-state index in [0.29, 0.717) is 12.5 Å². The molecule has 0 aromatic carbocycles. The van der Waals surface area contributed by atoms with Gasteiger partial charge in [0, 0.05) is 30.1 Å². The molecule has 124 valence electrons. The van der Waals surface area contributed by atoms with Crippen LogP contribution >= 0.6 is 0 Å². The predicted molar refractivity (Wildman–Crippen MR) is 91.7 cm³/mol. The van der Waals surface area contributed by atoms with Crippen molar-refractivity contribution in [1.29, 1.82) is 0 Å². The second kappa shape index (κ2) is 7.53. The van der Waals surface area contributed by atoms with Gasteiger partial charge in [-0.15, -0.1) is 0 Å². The number of carboxylic acids is 1. The molecule has 0 radical (unpaired) electrons. The molecule has 4 nitrogen and oxygen atoms in total. The number of hydrogen-bond donors (Lipinski definition) is 1. The van der Waals surface area contributed by atoms with E-state index in [1.54, 1.807) is 0 Å². The summed E-state index contributed by atoms with van der Waals surface area (Å²) in [6, 6.07) is 4.80. The normalized spacial score (nSPS) is 18.7. The van der Waals surface area contributed by atoms with Gasteiger partial charge in [0.05, 0.1) is 6.67 Å². The lowest BCUT2D eigenvalue weighted by molar-refractivity contribution is -0.137. The van der Waals surface area contributed by atoms with Crippen molar-refractivity contribution in [1.82, 2.24) is 9.47 Å². The lowest BCUT2D eigenvalue weighted by Crippen LogP contribution is -2.33. The summed E-state index contributed by atoms with van der Waals surface area (Å²) in [7, 11) is 0. The first-order valence-electron chi connectivity index (χ1n) is 8.77. The molecule has 0 saturated carbocycles. The summed E-state index contributed by atoms with van der Waals surface area (Å²) in [5.41, 5.74) is 2.64. The van der Waals surface area contributed by atoms with Crippen LogP contribution in [0.5, 0.6) is 0 Å². The SMILES string of the molecule is O=C(O)CCCCCCCCC1C=CC2=Cc3cccn3CN21. The van der Waals surface area contributed by atoms with Gasteiger partial charge in [-0.1, -0.05) is 38.2 Å². The molecule has 0 amide bonds. The van der Waals surface area contributed by atoms with Crippen LogP contribution in [0.15, 0.2) is 36.2 Å². The number of fused-ring (bicyclic) bond motifs is 2. The molecule has 0 aliphatic carbocycles. The summed E-state index contributed by atoms with van der Waals surface area (Å²) in [6.45, 7) is 0.959. The van der Waals surface area contributed by atoms with Gasteiger partial charge in [-0.25, -0.2) is 0 Å². The first-order chi connectivity index (χ1) is 11.2. The minimum Gasteiger partial charge on any atom is -0.481 e. The highest BCUT2D eigenvalue weighted by atomic mass is 16.4. The molecule has 0 bridgehead atoms. The molecule has 3 rings (SSSR count). The number of aromatic nitrogens is 1. The Kier molecular flexibility index (Phi) is 5.21. The summed E-state index contributed by atoms with van der Waals surface area (Å²) in [4.78, 5) is 12.9. The third-order valence-corrected chi connectivity index (χ3v) is 4.83. The van der Waals surface area contributed by atoms with Crippen molar-refractivity contribution >= 4 is 12.0 Å². The molecule has 0 fully saturated rings. The highest BCUT2D eigenvalue weighted by Gasteiger charge is 2.25. The quantitative estimate of drug-likeness (QED) is 0.693. The van der Waals surface area contributed by atoms with Gasteiger partial charge in [-0.05, 0) is 37.1 Å². The van der Waals surface area contributed by atoms with Crippen LogP contribution in [-0.2, 0) is 11.5 Å². The Hall–Kier alpha value is -1.97. The third kappa shape index (κ3) is 4.06. The standard InChI is InChI=1S/C19H26N2O2/c22-19(23)10-6-4-2-1-3-5-8-16-11-12-18-14-17-9-7-13-20(17)15-21(16)18/h7,9,11-14,16H,1-6,8,10,15H2,(H,22,23). The minimum absolute atomic E-state index is 0.318. The second-order valence-electron chi connectivity index (χ2n) is 6.56. The van der Waals surface area contributed by atoms with Crippen LogP contribution in [0.1, 0.15) is 57.1 Å². The fourth-order valence-corrected chi connectivity index (χ4v) is 3.51. The minimum atomic E-state index is -0.672. The van der Waals surface area contributed by atoms with Gasteiger partial charge < -0.3 is 14.6 Å². The van der Waals surface area contributed by atoms with Crippen molar-refractivity contribution in [2.24, 2.45) is 0 Å². The monoisotopic (exact) mass is 314 g/mol. The Morgan fingerprint density at radius 3 is 2.78 bits per heavy atom. The topological polar surface area (TPSA) is 45.5 Å². The molecule has 1 aromatic rings. The van der Waals surface area contributed by atoms with E-state index in [2.05, 4.69) is 46.0 Å². The van der Waals surface area contributed by atoms with Gasteiger partial charge in [0.15, 0.2) is 0 Å². The van der Waals surface area contributed by atoms with Crippen LogP contribution in [0, 0.1) is 0 Å². The summed E-state index contributed by atoms with van der Waals surface area (Å²) in [5.74, 6) is -0.672. The lowest BCUT2D eigenvalue weighted by atomic mass is 10.0. The molecule has 0 spiro atoms. The van der Waals surface area contributed by atoms with Gasteiger partial charge in [0.25, 0.3) is 0 Å². The number of aliphatic carboxylic acids is 1. The lowest BCUT2D eigenvalue weighted by Gasteiger charge is -2.32. The van der Waals surface area contributed by atoms with Crippen LogP contribution in [0.2, 0.25) is 0 Å². The smallest absolute Gasteiger partial charge is 0.303 e. The summed E-state index contributed by atoms with van der Waals surface area (Å²) >= 11 is 0. The zero-order valence-electron chi connectivity index (χ0n) is 13.7. The Morgan fingerprint density at radius 1 is 1.17 bits per heavy atom. The van der Waals surface area contributed by atoms with E-state index in [1.807, 2.05) is 0 Å². The molecule has 23 heavy (non-hydrogen) atoms. The van der Waals surface area contributed by atoms with Gasteiger partial charge in [-0.2, -0.15) is 0 Å². The van der Waals surface area contributed by atoms with E-state index < -0.39 is 5.97 Å². The molecule has 1 aromatic heterocycles. The van der Waals surface area contributed by atoms with Crippen molar-refractivity contribution in [3.8, 4) is 0 Å². The maximum atomic E-state index is 10.4. The Balaban J connectivity index is 1.33. The molecular weight excluding hydrogens is 288 g/mol. The van der Waals surface area contributed by atoms with E-state index in [4.69, 9.17) is 5.11 Å². The molecule has 3 heterocycles. The molecule has 2 aliphatic heterocycles. The van der Waals surface area contributed by atoms with E-state index in [-0.39, 0.29) is 0 Å². The van der Waals surface area contributed by atoms with Crippen LogP contribution in [0.25, 0.3) is 6.08 Å². The molecule has 4 heteroatoms. The fraction of sp³-hybridized carbons (Fsp3) is 0.526. The van der Waals surface area contributed by atoms with Gasteiger partial charge in [-0.3, -0.25) is 4.79 Å². The number of carboxylic acid groups (broad SMARTS) is 1. The third-order valence-electron chi connectivity index (χ3n) is 4.83. The Labute approximate surface area is 138 Å². The van der Waals surface area contributed by atoms with Crippen molar-refractivity contribution in [3.63, 3.8) is 0 Å². The summed E-state index contributed by atoms with van der Waals surface area (Å²) in [5, 5.41) is 8.60. The average Bonchev–Trinajstić information content (AvgIpc) is 3.13. The van der Waals surface area contributed by atoms with Crippen molar-refractivity contribution in [2.45, 2.75) is 64.1 Å². The van der Waals surface area contributed by atoms with Crippen LogP contribution in [-0.4, -0.2) is 26.6 Å². The number of nitrogens with zero attached hydrogens (tertiary/aromatic N) is 2. The number of unbranched alkanes of at least 4 members (excludes halogenated alkanes) is 5. The highest BCUT2D eigenvalue weighted by molar-refractivity contribution is 5.66. The van der Waals surface area contributed by atoms with Gasteiger partial charge >= 0.3 is 5.97 Å². The predicted octanol–water partition coefficient (Wildman–Crippen LogP) is 4.25. The number of allylic oxidation sites excluding steroid dienone is 1. The number of rotatable bonds is 9. The molecule has 2 aliphatic rings. The van der Waals surface area contributed by atoms with E-state index >= 15 is 0 Å². The fourth-order valence-electron chi connectivity index (χ4n) is 3.51. The number of carbonyl (C=O) groups is 1. The maximum Gasteiger partial charge on any atom is 0.303 e. The van der Waals surface area contributed by atoms with Crippen molar-refractivity contribution in [2.75, 3.05) is 0 Å². The zero-order chi connectivity index (χ0) is 16.1. The molecule has 1 atom stereocenters. The van der Waals surface area contributed by atoms with E-state index in [0.717, 1.165) is 25.9 Å². The van der Waals surface area contributed by atoms with Gasteiger partial charge in [0.2, 0.25) is 0 Å². The largest absolute Gasteiger partial charge is 0.481 e. The molecule has 1 unspecified atom stereocenters. The van der Waals surface area contributed by atoms with Crippen LogP contribution in [0.3, 0.4) is 0 Å². The Morgan fingerprint density at radius 2 is 1.96 bits per heavy atom. The van der Waals surface area contributed by atoms with Crippen LogP contribution in [0.4, 0.5) is 0 Å². The number of hydrogen-bond acceptors (Lipinski definition) is 2. The zero-order valence-corrected chi connectivity index (χ0v) is 13.7. The summed E-state index contributed by atoms with van der Waals surface area (Å²) in [6.07, 6.45) is 17.3. The van der Waals surface area contributed by atoms with Crippen molar-refractivity contribution in [3.05, 3.63) is 41.9 Å². The summed E-state index contributed by atoms with van der Waals surface area (Å²) < 4.78 is 2.30. The van der Waals surface area contributed by atoms with Gasteiger partial charge in [0.1, 0.15) is 0 Å². The Bertz CT molecular complexity index is 600. The van der Waals surface area contributed by atoms with E-state index in [1.165, 1.54) is 37.1 Å². The van der Waals surface area contributed by atoms with E-state index in [9.17, 15) is 4.79 Å². The maximum absolute atomic E-state index is 10.4. The average molecular weight is 314 g/mol. The first-order valence-corrected chi connectivity index (χ1v) is 8.77.